The molecule has 4 rings (SSSR count). The Bertz CT molecular complexity index is 1030. The second-order valence-corrected chi connectivity index (χ2v) is 8.26. The number of nitrogens with zero attached hydrogens (tertiary/aromatic N) is 2. The van der Waals surface area contributed by atoms with Crippen molar-refractivity contribution in [2.45, 2.75) is 50.7 Å². The van der Waals surface area contributed by atoms with Crippen LogP contribution in [0.2, 0.25) is 5.15 Å². The standard InChI is InChI=1S/C22H27ClN6O/c1-13(24-2)22(30)28-16-7-5-15(6-8-16)27-20-11-14(10-19(23)29-20)18-12-26-21-17(18)4-3-9-25-21/h3-4,9-13,15-16,24H,5-8H2,1-2H3,(H,25,26)(H,27,29)(H,28,30)/t13-,15?,16?/m0/s1. The van der Waals surface area contributed by atoms with E-state index in [-0.39, 0.29) is 18.0 Å². The maximum absolute atomic E-state index is 12.1. The molecule has 1 aliphatic rings. The molecule has 0 aromatic carbocycles. The minimum Gasteiger partial charge on any atom is -0.367 e. The van der Waals surface area contributed by atoms with E-state index < -0.39 is 0 Å². The molecule has 1 saturated carbocycles. The molecular weight excluding hydrogens is 400 g/mol. The Morgan fingerprint density at radius 2 is 2.00 bits per heavy atom. The van der Waals surface area contributed by atoms with Crippen LogP contribution in [0.1, 0.15) is 32.6 Å². The Balaban J connectivity index is 1.42. The number of pyridine rings is 2. The van der Waals surface area contributed by atoms with Gasteiger partial charge in [0.1, 0.15) is 16.6 Å². The monoisotopic (exact) mass is 426 g/mol. The lowest BCUT2D eigenvalue weighted by atomic mass is 9.91. The fraction of sp³-hybridized carbons (Fsp3) is 0.409. The lowest BCUT2D eigenvalue weighted by Crippen LogP contribution is -2.47. The highest BCUT2D eigenvalue weighted by atomic mass is 35.5. The number of halogens is 1. The molecule has 30 heavy (non-hydrogen) atoms. The first-order valence-electron chi connectivity index (χ1n) is 10.4. The SMILES string of the molecule is CN[C@@H](C)C(=O)NC1CCC(Nc2cc(-c3c[nH]c4ncccc34)cc(Cl)n2)CC1. The average molecular weight is 427 g/mol. The van der Waals surface area contributed by atoms with Crippen molar-refractivity contribution in [2.24, 2.45) is 0 Å². The summed E-state index contributed by atoms with van der Waals surface area (Å²) in [6.45, 7) is 1.87. The van der Waals surface area contributed by atoms with Crippen LogP contribution in [0, 0.1) is 0 Å². The molecule has 0 bridgehead atoms. The van der Waals surface area contributed by atoms with E-state index in [1.165, 1.54) is 0 Å². The van der Waals surface area contributed by atoms with Gasteiger partial charge in [0.05, 0.1) is 6.04 Å². The zero-order valence-electron chi connectivity index (χ0n) is 17.2. The maximum atomic E-state index is 12.1. The van der Waals surface area contributed by atoms with Crippen LogP contribution in [0.15, 0.2) is 36.7 Å². The van der Waals surface area contributed by atoms with E-state index in [4.69, 9.17) is 11.6 Å². The van der Waals surface area contributed by atoms with Gasteiger partial charge in [-0.15, -0.1) is 0 Å². The molecule has 8 heteroatoms. The van der Waals surface area contributed by atoms with Crippen molar-refractivity contribution < 1.29 is 4.79 Å². The third-order valence-electron chi connectivity index (χ3n) is 5.81. The third-order valence-corrected chi connectivity index (χ3v) is 6.00. The number of carbonyl (C=O) groups is 1. The topological polar surface area (TPSA) is 94.7 Å². The Hall–Kier alpha value is -2.64. The number of hydrogen-bond acceptors (Lipinski definition) is 5. The second kappa shape index (κ2) is 9.02. The highest BCUT2D eigenvalue weighted by molar-refractivity contribution is 6.29. The van der Waals surface area contributed by atoms with E-state index in [1.807, 2.05) is 37.4 Å². The van der Waals surface area contributed by atoms with E-state index in [0.29, 0.717) is 11.2 Å². The predicted octanol–water partition coefficient (Wildman–Crippen LogP) is 3.73. The molecule has 1 fully saturated rings. The summed E-state index contributed by atoms with van der Waals surface area (Å²) < 4.78 is 0. The van der Waals surface area contributed by atoms with Gasteiger partial charge in [0.2, 0.25) is 5.91 Å². The number of carbonyl (C=O) groups excluding carboxylic acids is 1. The average Bonchev–Trinajstić information content (AvgIpc) is 3.18. The highest BCUT2D eigenvalue weighted by Crippen LogP contribution is 2.31. The van der Waals surface area contributed by atoms with Gasteiger partial charge in [0.15, 0.2) is 0 Å². The van der Waals surface area contributed by atoms with Gasteiger partial charge in [-0.3, -0.25) is 4.79 Å². The molecule has 3 aromatic rings. The Morgan fingerprint density at radius 1 is 1.23 bits per heavy atom. The molecule has 7 nitrogen and oxygen atoms in total. The summed E-state index contributed by atoms with van der Waals surface area (Å²) in [5.74, 6) is 0.829. The van der Waals surface area contributed by atoms with Gasteiger partial charge in [0, 0.05) is 35.4 Å². The van der Waals surface area contributed by atoms with Crippen molar-refractivity contribution in [3.8, 4) is 11.1 Å². The van der Waals surface area contributed by atoms with Crippen LogP contribution in [0.5, 0.6) is 0 Å². The van der Waals surface area contributed by atoms with Crippen LogP contribution in [-0.2, 0) is 4.79 Å². The van der Waals surface area contributed by atoms with Crippen molar-refractivity contribution in [1.29, 1.82) is 0 Å². The van der Waals surface area contributed by atoms with Crippen LogP contribution in [0.25, 0.3) is 22.2 Å². The number of H-pyrrole nitrogens is 1. The summed E-state index contributed by atoms with van der Waals surface area (Å²) >= 11 is 6.33. The number of rotatable bonds is 6. The van der Waals surface area contributed by atoms with Gasteiger partial charge < -0.3 is 20.9 Å². The van der Waals surface area contributed by atoms with Crippen molar-refractivity contribution in [3.05, 3.63) is 41.8 Å². The van der Waals surface area contributed by atoms with Gasteiger partial charge in [-0.2, -0.15) is 0 Å². The molecule has 1 atom stereocenters. The van der Waals surface area contributed by atoms with Crippen molar-refractivity contribution >= 4 is 34.4 Å². The second-order valence-electron chi connectivity index (χ2n) is 7.88. The van der Waals surface area contributed by atoms with Crippen molar-refractivity contribution in [3.63, 3.8) is 0 Å². The number of fused-ring (bicyclic) bond motifs is 1. The van der Waals surface area contributed by atoms with Crippen LogP contribution in [0.4, 0.5) is 5.82 Å². The van der Waals surface area contributed by atoms with Crippen LogP contribution >= 0.6 is 11.6 Å². The zero-order chi connectivity index (χ0) is 21.1. The molecule has 158 valence electrons. The summed E-state index contributed by atoms with van der Waals surface area (Å²) in [6.07, 6.45) is 7.56. The summed E-state index contributed by atoms with van der Waals surface area (Å²) in [4.78, 5) is 24.1. The molecule has 0 radical (unpaired) electrons. The predicted molar refractivity (Wildman–Crippen MR) is 121 cm³/mol. The van der Waals surface area contributed by atoms with Crippen molar-refractivity contribution in [1.82, 2.24) is 25.6 Å². The normalized spacial score (nSPS) is 20.1. The van der Waals surface area contributed by atoms with Crippen LogP contribution < -0.4 is 16.0 Å². The zero-order valence-corrected chi connectivity index (χ0v) is 18.0. The van der Waals surface area contributed by atoms with Crippen LogP contribution in [-0.4, -0.2) is 46.0 Å². The van der Waals surface area contributed by atoms with Gasteiger partial charge in [-0.25, -0.2) is 9.97 Å². The van der Waals surface area contributed by atoms with Gasteiger partial charge in [-0.05, 0) is 69.5 Å². The fourth-order valence-corrected chi connectivity index (χ4v) is 4.18. The van der Waals surface area contributed by atoms with E-state index in [2.05, 4.69) is 30.9 Å². The molecule has 0 spiro atoms. The first kappa shape index (κ1) is 20.6. The molecule has 3 heterocycles. The molecule has 1 aliphatic carbocycles. The minimum absolute atomic E-state index is 0.0586. The van der Waals surface area contributed by atoms with Gasteiger partial charge >= 0.3 is 0 Å². The Labute approximate surface area is 181 Å². The summed E-state index contributed by atoms with van der Waals surface area (Å²) in [6, 6.07) is 8.24. The number of hydrogen-bond donors (Lipinski definition) is 4. The largest absolute Gasteiger partial charge is 0.367 e. The molecule has 3 aromatic heterocycles. The summed E-state index contributed by atoms with van der Waals surface area (Å²) in [5.41, 5.74) is 2.90. The fourth-order valence-electron chi connectivity index (χ4n) is 3.97. The molecule has 0 saturated heterocycles. The molecule has 1 amide bonds. The molecule has 0 aliphatic heterocycles. The Morgan fingerprint density at radius 3 is 2.77 bits per heavy atom. The number of aromatic amines is 1. The number of likely N-dealkylation sites (N-methyl/N-ethyl adjacent to an activating group) is 1. The van der Waals surface area contributed by atoms with Gasteiger partial charge in [-0.1, -0.05) is 11.6 Å². The number of nitrogens with one attached hydrogen (secondary N) is 4. The lowest BCUT2D eigenvalue weighted by molar-refractivity contribution is -0.123. The van der Waals surface area contributed by atoms with E-state index in [1.54, 1.807) is 13.2 Å². The molecule has 4 N–H and O–H groups in total. The highest BCUT2D eigenvalue weighted by Gasteiger charge is 2.24. The van der Waals surface area contributed by atoms with Gasteiger partial charge in [0.25, 0.3) is 0 Å². The first-order valence-corrected chi connectivity index (χ1v) is 10.8. The van der Waals surface area contributed by atoms with E-state index >= 15 is 0 Å². The lowest BCUT2D eigenvalue weighted by Gasteiger charge is -2.30. The van der Waals surface area contributed by atoms with E-state index in [0.717, 1.165) is 53.7 Å². The Kier molecular flexibility index (Phi) is 6.20. The number of aromatic nitrogens is 3. The van der Waals surface area contributed by atoms with Crippen molar-refractivity contribution in [2.75, 3.05) is 12.4 Å². The molecule has 0 unspecified atom stereocenters. The smallest absolute Gasteiger partial charge is 0.237 e. The number of amides is 1. The number of anilines is 1. The minimum atomic E-state index is -0.172. The summed E-state index contributed by atoms with van der Waals surface area (Å²) in [7, 11) is 1.80. The van der Waals surface area contributed by atoms with E-state index in [9.17, 15) is 4.79 Å². The molecular formula is C22H27ClN6O. The summed E-state index contributed by atoms with van der Waals surface area (Å²) in [5, 5.41) is 11.2. The maximum Gasteiger partial charge on any atom is 0.237 e. The first-order chi connectivity index (χ1) is 14.5. The van der Waals surface area contributed by atoms with Crippen LogP contribution in [0.3, 0.4) is 0 Å². The quantitative estimate of drug-likeness (QED) is 0.450. The third kappa shape index (κ3) is 4.57.